The summed E-state index contributed by atoms with van der Waals surface area (Å²) in [7, 11) is -3.49. The van der Waals surface area contributed by atoms with Crippen LogP contribution in [-0.2, 0) is 10.0 Å². The van der Waals surface area contributed by atoms with E-state index in [4.69, 9.17) is 5.73 Å². The lowest BCUT2D eigenvalue weighted by Crippen LogP contribution is -2.49. The van der Waals surface area contributed by atoms with Gasteiger partial charge in [-0.3, -0.25) is 9.52 Å². The number of fused-ring (bicyclic) bond motifs is 1. The first-order chi connectivity index (χ1) is 16.3. The largest absolute Gasteiger partial charge is 0.380 e. The highest BCUT2D eigenvalue weighted by Gasteiger charge is 2.25. The van der Waals surface area contributed by atoms with Crippen molar-refractivity contribution in [3.05, 3.63) is 48.3 Å². The summed E-state index contributed by atoms with van der Waals surface area (Å²) in [6, 6.07) is 11.1. The quantitative estimate of drug-likeness (QED) is 0.383. The summed E-state index contributed by atoms with van der Waals surface area (Å²) in [5, 5.41) is 4.19. The number of aromatic nitrogens is 2. The Morgan fingerprint density at radius 3 is 2.65 bits per heavy atom. The number of hydrogen-bond acceptors (Lipinski definition) is 7. The Morgan fingerprint density at radius 1 is 1.18 bits per heavy atom. The number of benzene rings is 1. The van der Waals surface area contributed by atoms with Crippen LogP contribution in [0.25, 0.3) is 10.9 Å². The minimum Gasteiger partial charge on any atom is -0.380 e. The third kappa shape index (κ3) is 5.42. The monoisotopic (exact) mass is 485 g/mol. The highest BCUT2D eigenvalue weighted by Crippen LogP contribution is 2.26. The molecule has 1 aliphatic rings. The van der Waals surface area contributed by atoms with Crippen LogP contribution in [0.3, 0.4) is 0 Å². The number of aromatic amines is 1. The van der Waals surface area contributed by atoms with Crippen molar-refractivity contribution in [2.45, 2.75) is 19.9 Å². The Balaban J connectivity index is 1.44. The molecule has 1 aromatic carbocycles. The number of nitrogens with two attached hydrogens (primary N) is 1. The molecule has 0 radical (unpaired) electrons. The van der Waals surface area contributed by atoms with Gasteiger partial charge >= 0.3 is 0 Å². The van der Waals surface area contributed by atoms with E-state index in [1.807, 2.05) is 17.0 Å². The molecule has 2 aromatic heterocycles. The second-order valence-electron chi connectivity index (χ2n) is 8.65. The molecule has 0 saturated carbocycles. The molecule has 0 atom stereocenters. The van der Waals surface area contributed by atoms with Crippen molar-refractivity contribution in [2.75, 3.05) is 53.4 Å². The first-order valence-corrected chi connectivity index (χ1v) is 13.0. The number of amides is 1. The number of pyridine rings is 1. The van der Waals surface area contributed by atoms with E-state index in [1.54, 1.807) is 30.5 Å². The van der Waals surface area contributed by atoms with Gasteiger partial charge in [-0.25, -0.2) is 13.4 Å². The van der Waals surface area contributed by atoms with Crippen LogP contribution >= 0.6 is 0 Å². The third-order valence-corrected chi connectivity index (χ3v) is 6.93. The molecule has 182 valence electrons. The average molecular weight is 486 g/mol. The van der Waals surface area contributed by atoms with Gasteiger partial charge in [0, 0.05) is 61.6 Å². The summed E-state index contributed by atoms with van der Waals surface area (Å²) in [6.07, 6.45) is 1.78. The van der Waals surface area contributed by atoms with E-state index in [0.29, 0.717) is 43.6 Å². The van der Waals surface area contributed by atoms with Gasteiger partial charge in [-0.2, -0.15) is 0 Å². The molecule has 11 heteroatoms. The van der Waals surface area contributed by atoms with Crippen LogP contribution < -0.4 is 20.7 Å². The fourth-order valence-electron chi connectivity index (χ4n) is 4.06. The predicted octanol–water partition coefficient (Wildman–Crippen LogP) is 2.05. The smallest absolute Gasteiger partial charge is 0.270 e. The van der Waals surface area contributed by atoms with Crippen molar-refractivity contribution in [3.8, 4) is 0 Å². The van der Waals surface area contributed by atoms with E-state index in [0.717, 1.165) is 22.4 Å². The maximum Gasteiger partial charge on any atom is 0.270 e. The number of piperazine rings is 1. The van der Waals surface area contributed by atoms with Crippen LogP contribution in [-0.4, -0.2) is 73.7 Å². The summed E-state index contributed by atoms with van der Waals surface area (Å²) < 4.78 is 26.5. The molecule has 0 bridgehead atoms. The summed E-state index contributed by atoms with van der Waals surface area (Å²) >= 11 is 0. The standard InChI is InChI=1S/C23H31N7O3S/c1-16(2)26-20-4-3-8-25-22(20)29-9-11-30(12-10-29)23(31)21-15-17-14-18(5-6-19(17)27-21)28-34(32,33)13-7-24/h3-6,8,14-16,26-28H,7,9-13,24H2,1-2H3. The number of sulfonamides is 1. The number of anilines is 3. The minimum atomic E-state index is -3.49. The van der Waals surface area contributed by atoms with E-state index in [-0.39, 0.29) is 18.2 Å². The van der Waals surface area contributed by atoms with Gasteiger partial charge in [0.1, 0.15) is 5.69 Å². The van der Waals surface area contributed by atoms with Crippen LogP contribution in [0, 0.1) is 0 Å². The summed E-state index contributed by atoms with van der Waals surface area (Å²) in [4.78, 5) is 24.9. The number of carbonyl (C=O) groups excluding carboxylic acids is 1. The van der Waals surface area contributed by atoms with E-state index in [1.165, 1.54) is 0 Å². The molecule has 34 heavy (non-hydrogen) atoms. The van der Waals surface area contributed by atoms with E-state index < -0.39 is 10.0 Å². The van der Waals surface area contributed by atoms with Gasteiger partial charge in [-0.15, -0.1) is 0 Å². The Labute approximate surface area is 199 Å². The van der Waals surface area contributed by atoms with E-state index in [2.05, 4.69) is 38.8 Å². The third-order valence-electron chi connectivity index (χ3n) is 5.61. The van der Waals surface area contributed by atoms with Gasteiger partial charge in [0.15, 0.2) is 5.82 Å². The molecule has 0 spiro atoms. The average Bonchev–Trinajstić information content (AvgIpc) is 3.22. The zero-order valence-corrected chi connectivity index (χ0v) is 20.2. The highest BCUT2D eigenvalue weighted by molar-refractivity contribution is 7.92. The molecule has 1 saturated heterocycles. The van der Waals surface area contributed by atoms with Gasteiger partial charge in [-0.05, 0) is 50.2 Å². The van der Waals surface area contributed by atoms with Crippen LogP contribution in [0.1, 0.15) is 24.3 Å². The first-order valence-electron chi connectivity index (χ1n) is 11.3. The van der Waals surface area contributed by atoms with Crippen LogP contribution in [0.4, 0.5) is 17.2 Å². The van der Waals surface area contributed by atoms with Crippen molar-refractivity contribution >= 4 is 44.0 Å². The summed E-state index contributed by atoms with van der Waals surface area (Å²) in [5.74, 6) is 0.669. The number of rotatable bonds is 8. The molecule has 10 nitrogen and oxygen atoms in total. The summed E-state index contributed by atoms with van der Waals surface area (Å²) in [6.45, 7) is 6.75. The second-order valence-corrected chi connectivity index (χ2v) is 10.5. The first kappa shape index (κ1) is 23.8. The van der Waals surface area contributed by atoms with Crippen molar-refractivity contribution in [1.29, 1.82) is 0 Å². The van der Waals surface area contributed by atoms with Crippen LogP contribution in [0.2, 0.25) is 0 Å². The Bertz CT molecular complexity index is 1260. The van der Waals surface area contributed by atoms with E-state index >= 15 is 0 Å². The molecule has 1 aliphatic heterocycles. The zero-order chi connectivity index (χ0) is 24.3. The number of nitrogens with one attached hydrogen (secondary N) is 3. The summed E-state index contributed by atoms with van der Waals surface area (Å²) in [5.41, 5.74) is 8.03. The van der Waals surface area contributed by atoms with Crippen LogP contribution in [0.15, 0.2) is 42.6 Å². The molecule has 3 aromatic rings. The van der Waals surface area contributed by atoms with Crippen LogP contribution in [0.5, 0.6) is 0 Å². The predicted molar refractivity (Wildman–Crippen MR) is 136 cm³/mol. The molecule has 0 unspecified atom stereocenters. The molecule has 4 rings (SSSR count). The fourth-order valence-corrected chi connectivity index (χ4v) is 4.96. The maximum atomic E-state index is 13.1. The zero-order valence-electron chi connectivity index (χ0n) is 19.4. The topological polar surface area (TPSA) is 136 Å². The molecular formula is C23H31N7O3S. The normalized spacial score (nSPS) is 14.6. The lowest BCUT2D eigenvalue weighted by molar-refractivity contribution is 0.0741. The SMILES string of the molecule is CC(C)Nc1cccnc1N1CCN(C(=O)c2cc3cc(NS(=O)(=O)CCN)ccc3[nH]2)CC1. The minimum absolute atomic E-state index is 0.0452. The van der Waals surface area contributed by atoms with Gasteiger partial charge in [-0.1, -0.05) is 0 Å². The van der Waals surface area contributed by atoms with Gasteiger partial charge in [0.2, 0.25) is 10.0 Å². The number of carbonyl (C=O) groups is 1. The molecule has 1 fully saturated rings. The fraction of sp³-hybridized carbons (Fsp3) is 0.391. The van der Waals surface area contributed by atoms with Crippen molar-refractivity contribution in [2.24, 2.45) is 5.73 Å². The molecule has 1 amide bonds. The maximum absolute atomic E-state index is 13.1. The second kappa shape index (κ2) is 9.90. The molecular weight excluding hydrogens is 454 g/mol. The van der Waals surface area contributed by atoms with Gasteiger partial charge < -0.3 is 25.8 Å². The van der Waals surface area contributed by atoms with Gasteiger partial charge in [0.25, 0.3) is 5.91 Å². The molecule has 5 N–H and O–H groups in total. The Hall–Kier alpha value is -3.31. The molecule has 3 heterocycles. The van der Waals surface area contributed by atoms with E-state index in [9.17, 15) is 13.2 Å². The van der Waals surface area contributed by atoms with Gasteiger partial charge in [0.05, 0.1) is 11.4 Å². The molecule has 0 aliphatic carbocycles. The lowest BCUT2D eigenvalue weighted by Gasteiger charge is -2.36. The van der Waals surface area contributed by atoms with Crippen molar-refractivity contribution in [1.82, 2.24) is 14.9 Å². The van der Waals surface area contributed by atoms with Crippen molar-refractivity contribution < 1.29 is 13.2 Å². The Kier molecular flexibility index (Phi) is 6.94. The number of hydrogen-bond donors (Lipinski definition) is 4. The Morgan fingerprint density at radius 2 is 1.94 bits per heavy atom. The van der Waals surface area contributed by atoms with Crippen molar-refractivity contribution in [3.63, 3.8) is 0 Å². The number of H-pyrrole nitrogens is 1. The lowest BCUT2D eigenvalue weighted by atomic mass is 10.2. The number of nitrogens with zero attached hydrogens (tertiary/aromatic N) is 3. The highest BCUT2D eigenvalue weighted by atomic mass is 32.2.